The first kappa shape index (κ1) is 12.8. The zero-order chi connectivity index (χ0) is 12.2. The van der Waals surface area contributed by atoms with E-state index >= 15 is 0 Å². The largest absolute Gasteiger partial charge is 0.351 e. The molecular formula is C14H21NO. The summed E-state index contributed by atoms with van der Waals surface area (Å²) in [6.07, 6.45) is 1.37. The van der Waals surface area contributed by atoms with Gasteiger partial charge >= 0.3 is 0 Å². The van der Waals surface area contributed by atoms with E-state index in [-0.39, 0.29) is 11.4 Å². The first-order valence-electron chi connectivity index (χ1n) is 5.74. The van der Waals surface area contributed by atoms with Gasteiger partial charge in [-0.25, -0.2) is 0 Å². The van der Waals surface area contributed by atoms with E-state index in [2.05, 4.69) is 24.4 Å². The van der Waals surface area contributed by atoms with Gasteiger partial charge < -0.3 is 5.32 Å². The SMILES string of the molecule is Cc1ccccc1CCC(=O)NC(C)(C)C. The zero-order valence-electron chi connectivity index (χ0n) is 10.6. The molecule has 0 aliphatic carbocycles. The number of benzene rings is 1. The molecule has 1 aromatic rings. The van der Waals surface area contributed by atoms with Crippen molar-refractivity contribution in [2.75, 3.05) is 0 Å². The number of nitrogens with one attached hydrogen (secondary N) is 1. The van der Waals surface area contributed by atoms with Gasteiger partial charge in [-0.3, -0.25) is 4.79 Å². The Balaban J connectivity index is 2.47. The molecule has 1 amide bonds. The van der Waals surface area contributed by atoms with Gasteiger partial charge in [0.2, 0.25) is 5.91 Å². The lowest BCUT2D eigenvalue weighted by Crippen LogP contribution is -2.40. The maximum atomic E-state index is 11.6. The molecule has 0 unspecified atom stereocenters. The molecule has 0 saturated heterocycles. The number of amides is 1. The highest BCUT2D eigenvalue weighted by Crippen LogP contribution is 2.10. The van der Waals surface area contributed by atoms with Crippen LogP contribution in [0.15, 0.2) is 24.3 Å². The van der Waals surface area contributed by atoms with Crippen molar-refractivity contribution in [2.24, 2.45) is 0 Å². The smallest absolute Gasteiger partial charge is 0.220 e. The molecule has 0 radical (unpaired) electrons. The van der Waals surface area contributed by atoms with Gasteiger partial charge in [0.05, 0.1) is 0 Å². The van der Waals surface area contributed by atoms with E-state index in [9.17, 15) is 4.79 Å². The zero-order valence-corrected chi connectivity index (χ0v) is 10.6. The van der Waals surface area contributed by atoms with Crippen molar-refractivity contribution in [3.05, 3.63) is 35.4 Å². The van der Waals surface area contributed by atoms with Gasteiger partial charge in [0.15, 0.2) is 0 Å². The first-order chi connectivity index (χ1) is 7.38. The van der Waals surface area contributed by atoms with Crippen LogP contribution in [0.3, 0.4) is 0 Å². The molecule has 2 heteroatoms. The lowest BCUT2D eigenvalue weighted by Gasteiger charge is -2.20. The Labute approximate surface area is 98.1 Å². The minimum Gasteiger partial charge on any atom is -0.351 e. The Morgan fingerprint density at radius 3 is 2.44 bits per heavy atom. The summed E-state index contributed by atoms with van der Waals surface area (Å²) >= 11 is 0. The molecule has 2 nitrogen and oxygen atoms in total. The fourth-order valence-electron chi connectivity index (χ4n) is 1.62. The molecular weight excluding hydrogens is 198 g/mol. The quantitative estimate of drug-likeness (QED) is 0.832. The van der Waals surface area contributed by atoms with Crippen molar-refractivity contribution in [3.63, 3.8) is 0 Å². The third kappa shape index (κ3) is 4.47. The van der Waals surface area contributed by atoms with E-state index in [0.717, 1.165) is 6.42 Å². The van der Waals surface area contributed by atoms with E-state index in [1.54, 1.807) is 0 Å². The molecule has 1 rings (SSSR count). The Morgan fingerprint density at radius 1 is 1.25 bits per heavy atom. The Kier molecular flexibility index (Phi) is 4.11. The highest BCUT2D eigenvalue weighted by atomic mass is 16.1. The maximum Gasteiger partial charge on any atom is 0.220 e. The molecule has 0 aromatic heterocycles. The van der Waals surface area contributed by atoms with Crippen LogP contribution in [0.1, 0.15) is 38.3 Å². The first-order valence-corrected chi connectivity index (χ1v) is 5.74. The van der Waals surface area contributed by atoms with Crippen LogP contribution < -0.4 is 5.32 Å². The normalized spacial score (nSPS) is 11.2. The summed E-state index contributed by atoms with van der Waals surface area (Å²) in [5.74, 6) is 0.121. The summed E-state index contributed by atoms with van der Waals surface area (Å²) < 4.78 is 0. The summed E-state index contributed by atoms with van der Waals surface area (Å²) in [7, 11) is 0. The molecule has 0 fully saturated rings. The van der Waals surface area contributed by atoms with Crippen LogP contribution in [0.2, 0.25) is 0 Å². The predicted molar refractivity (Wildman–Crippen MR) is 67.4 cm³/mol. The third-order valence-corrected chi connectivity index (χ3v) is 2.40. The highest BCUT2D eigenvalue weighted by molar-refractivity contribution is 5.76. The van der Waals surface area contributed by atoms with E-state index in [4.69, 9.17) is 0 Å². The molecule has 1 aromatic carbocycles. The summed E-state index contributed by atoms with van der Waals surface area (Å²) in [5.41, 5.74) is 2.38. The third-order valence-electron chi connectivity index (χ3n) is 2.40. The number of hydrogen-bond donors (Lipinski definition) is 1. The minimum atomic E-state index is -0.136. The van der Waals surface area contributed by atoms with Crippen LogP contribution in [0.4, 0.5) is 0 Å². The van der Waals surface area contributed by atoms with Crippen LogP contribution in [-0.4, -0.2) is 11.4 Å². The molecule has 0 saturated carbocycles. The second kappa shape index (κ2) is 5.15. The van der Waals surface area contributed by atoms with Gasteiger partial charge in [0.1, 0.15) is 0 Å². The molecule has 16 heavy (non-hydrogen) atoms. The van der Waals surface area contributed by atoms with Crippen molar-refractivity contribution < 1.29 is 4.79 Å². The van der Waals surface area contributed by atoms with Crippen LogP contribution in [0.5, 0.6) is 0 Å². The summed E-state index contributed by atoms with van der Waals surface area (Å²) in [6.45, 7) is 8.08. The molecule has 88 valence electrons. The van der Waals surface area contributed by atoms with E-state index < -0.39 is 0 Å². The van der Waals surface area contributed by atoms with Crippen molar-refractivity contribution in [1.82, 2.24) is 5.32 Å². The number of rotatable bonds is 3. The maximum absolute atomic E-state index is 11.6. The van der Waals surface area contributed by atoms with Crippen LogP contribution in [-0.2, 0) is 11.2 Å². The second-order valence-electron chi connectivity index (χ2n) is 5.22. The Bertz CT molecular complexity index is 363. The molecule has 1 N–H and O–H groups in total. The van der Waals surface area contributed by atoms with Crippen molar-refractivity contribution in [2.45, 2.75) is 46.1 Å². The van der Waals surface area contributed by atoms with Gasteiger partial charge in [-0.15, -0.1) is 0 Å². The van der Waals surface area contributed by atoms with Crippen molar-refractivity contribution in [3.8, 4) is 0 Å². The monoisotopic (exact) mass is 219 g/mol. The summed E-state index contributed by atoms with van der Waals surface area (Å²) in [5, 5.41) is 2.97. The summed E-state index contributed by atoms with van der Waals surface area (Å²) in [4.78, 5) is 11.6. The lowest BCUT2D eigenvalue weighted by atomic mass is 10.0. The summed E-state index contributed by atoms with van der Waals surface area (Å²) in [6, 6.07) is 8.20. The van der Waals surface area contributed by atoms with E-state index in [1.807, 2.05) is 32.9 Å². The van der Waals surface area contributed by atoms with Gasteiger partial charge in [-0.2, -0.15) is 0 Å². The number of hydrogen-bond acceptors (Lipinski definition) is 1. The number of aryl methyl sites for hydroxylation is 2. The van der Waals surface area contributed by atoms with Gasteiger partial charge in [-0.1, -0.05) is 24.3 Å². The second-order valence-corrected chi connectivity index (χ2v) is 5.22. The standard InChI is InChI=1S/C14H21NO/c1-11-7-5-6-8-12(11)9-10-13(16)15-14(2,3)4/h5-8H,9-10H2,1-4H3,(H,15,16). The Hall–Kier alpha value is -1.31. The molecule has 0 aliphatic rings. The minimum absolute atomic E-state index is 0.121. The molecule has 0 bridgehead atoms. The topological polar surface area (TPSA) is 29.1 Å². The van der Waals surface area contributed by atoms with Crippen molar-refractivity contribution >= 4 is 5.91 Å². The fraction of sp³-hybridized carbons (Fsp3) is 0.500. The average molecular weight is 219 g/mol. The molecule has 0 spiro atoms. The molecule has 0 heterocycles. The van der Waals surface area contributed by atoms with Gasteiger partial charge in [0, 0.05) is 12.0 Å². The predicted octanol–water partition coefficient (Wildman–Crippen LogP) is 2.84. The van der Waals surface area contributed by atoms with Gasteiger partial charge in [-0.05, 0) is 45.2 Å². The van der Waals surface area contributed by atoms with E-state index in [0.29, 0.717) is 6.42 Å². The van der Waals surface area contributed by atoms with Crippen LogP contribution in [0.25, 0.3) is 0 Å². The highest BCUT2D eigenvalue weighted by Gasteiger charge is 2.13. The fourth-order valence-corrected chi connectivity index (χ4v) is 1.62. The molecule has 0 aliphatic heterocycles. The lowest BCUT2D eigenvalue weighted by molar-refractivity contribution is -0.122. The number of carbonyl (C=O) groups excluding carboxylic acids is 1. The Morgan fingerprint density at radius 2 is 1.88 bits per heavy atom. The van der Waals surface area contributed by atoms with Crippen LogP contribution >= 0.6 is 0 Å². The molecule has 0 atom stereocenters. The average Bonchev–Trinajstić information content (AvgIpc) is 2.14. The van der Waals surface area contributed by atoms with Crippen LogP contribution in [0, 0.1) is 6.92 Å². The van der Waals surface area contributed by atoms with Gasteiger partial charge in [0.25, 0.3) is 0 Å². The number of carbonyl (C=O) groups is 1. The van der Waals surface area contributed by atoms with Crippen molar-refractivity contribution in [1.29, 1.82) is 0 Å². The van der Waals surface area contributed by atoms with E-state index in [1.165, 1.54) is 11.1 Å².